The van der Waals surface area contributed by atoms with Gasteiger partial charge >= 0.3 is 0 Å². The molecule has 4 N–H and O–H groups in total. The van der Waals surface area contributed by atoms with Crippen LogP contribution in [0.2, 0.25) is 0 Å². The number of H-pyrrole nitrogens is 1. The maximum absolute atomic E-state index is 12.3. The second-order valence-corrected chi connectivity index (χ2v) is 5.50. The molecule has 2 heterocycles. The predicted octanol–water partition coefficient (Wildman–Crippen LogP) is 0.873. The molecular weight excluding hydrogens is 260 g/mol. The van der Waals surface area contributed by atoms with Crippen molar-refractivity contribution in [3.8, 4) is 0 Å². The molecule has 1 aromatic heterocycles. The number of rotatable bonds is 2. The quantitative estimate of drug-likeness (QED) is 0.696. The van der Waals surface area contributed by atoms with Crippen molar-refractivity contribution in [2.24, 2.45) is 11.3 Å². The number of hydrogen-bond donors (Lipinski definition) is 3. The maximum Gasteiger partial charge on any atom is 0.290 e. The van der Waals surface area contributed by atoms with Gasteiger partial charge in [-0.1, -0.05) is 6.92 Å². The van der Waals surface area contributed by atoms with Gasteiger partial charge in [-0.05, 0) is 31.1 Å². The van der Waals surface area contributed by atoms with E-state index in [0.29, 0.717) is 23.0 Å². The monoisotopic (exact) mass is 280 g/mol. The summed E-state index contributed by atoms with van der Waals surface area (Å²) >= 11 is 0. The van der Waals surface area contributed by atoms with E-state index in [1.165, 1.54) is 12.8 Å². The number of nitrogens with zero attached hydrogens (tertiary/aromatic N) is 2. The molecule has 3 rings (SSSR count). The number of aromatic nitrogens is 2. The van der Waals surface area contributed by atoms with Gasteiger partial charge in [0, 0.05) is 18.8 Å². The van der Waals surface area contributed by atoms with Gasteiger partial charge in [0.2, 0.25) is 0 Å². The van der Waals surface area contributed by atoms with Gasteiger partial charge < -0.3 is 20.7 Å². The van der Waals surface area contributed by atoms with Gasteiger partial charge in [0.25, 0.3) is 12.4 Å². The fraction of sp³-hybridized carbons (Fsp3) is 0.615. The van der Waals surface area contributed by atoms with E-state index in [4.69, 9.17) is 15.6 Å². The summed E-state index contributed by atoms with van der Waals surface area (Å²) in [6, 6.07) is 0. The fourth-order valence-electron chi connectivity index (χ4n) is 3.14. The number of nitrogens with one attached hydrogen (secondary N) is 1. The minimum absolute atomic E-state index is 0.0236. The van der Waals surface area contributed by atoms with Crippen molar-refractivity contribution < 1.29 is 14.7 Å². The molecule has 2 unspecified atom stereocenters. The highest BCUT2D eigenvalue weighted by Crippen LogP contribution is 2.59. The topological polar surface area (TPSA) is 112 Å². The fourth-order valence-corrected chi connectivity index (χ4v) is 3.14. The number of amides is 1. The normalized spacial score (nSPS) is 26.5. The van der Waals surface area contributed by atoms with Crippen LogP contribution in [0.1, 0.15) is 35.9 Å². The number of fused-ring (bicyclic) bond motifs is 1. The summed E-state index contributed by atoms with van der Waals surface area (Å²) in [5, 5.41) is 6.89. The first-order valence-electron chi connectivity index (χ1n) is 6.66. The molecule has 7 heteroatoms. The molecule has 20 heavy (non-hydrogen) atoms. The van der Waals surface area contributed by atoms with E-state index >= 15 is 0 Å². The van der Waals surface area contributed by atoms with Crippen LogP contribution in [-0.4, -0.2) is 45.4 Å². The highest BCUT2D eigenvalue weighted by Gasteiger charge is 2.59. The average molecular weight is 280 g/mol. The molecule has 1 aliphatic carbocycles. The Balaban J connectivity index is 0.000000452. The molecular formula is C13H20N4O3. The summed E-state index contributed by atoms with van der Waals surface area (Å²) in [5.74, 6) is 1.06. The van der Waals surface area contributed by atoms with E-state index < -0.39 is 0 Å². The zero-order valence-corrected chi connectivity index (χ0v) is 11.7. The first-order valence-corrected chi connectivity index (χ1v) is 6.66. The van der Waals surface area contributed by atoms with Gasteiger partial charge in [-0.2, -0.15) is 0 Å². The largest absolute Gasteiger partial charge is 0.483 e. The first-order chi connectivity index (χ1) is 9.47. The highest BCUT2D eigenvalue weighted by atomic mass is 16.3. The zero-order chi connectivity index (χ0) is 14.9. The number of aromatic amines is 1. The zero-order valence-electron chi connectivity index (χ0n) is 11.7. The number of likely N-dealkylation sites (tertiary alicyclic amines) is 1. The summed E-state index contributed by atoms with van der Waals surface area (Å²) < 4.78 is 0. The lowest BCUT2D eigenvalue weighted by Gasteiger charge is -2.19. The Kier molecular flexibility index (Phi) is 3.69. The number of carbonyl (C=O) groups excluding carboxylic acids is 1. The molecule has 1 aliphatic heterocycles. The van der Waals surface area contributed by atoms with Crippen LogP contribution in [0.4, 0.5) is 5.95 Å². The Hall–Kier alpha value is -2.05. The molecule has 0 spiro atoms. The number of nitrogen functional groups attached to an aromatic ring is 1. The second-order valence-electron chi connectivity index (χ2n) is 5.50. The molecule has 0 radical (unpaired) electrons. The van der Waals surface area contributed by atoms with E-state index in [1.807, 2.05) is 11.8 Å². The Labute approximate surface area is 117 Å². The summed E-state index contributed by atoms with van der Waals surface area (Å²) in [5.41, 5.74) is 7.23. The third-order valence-corrected chi connectivity index (χ3v) is 4.40. The molecule has 1 saturated heterocycles. The predicted molar refractivity (Wildman–Crippen MR) is 73.2 cm³/mol. The van der Waals surface area contributed by atoms with Gasteiger partial charge in [-0.25, -0.2) is 4.98 Å². The molecule has 0 bridgehead atoms. The number of carbonyl (C=O) groups is 2. The first kappa shape index (κ1) is 14.4. The average Bonchev–Trinajstić information content (AvgIpc) is 2.79. The standard InChI is InChI=1S/C12H18N4O.CH2O2/c1-3-12-4-8(12)5-16(6-12)10(17)9-7(2)14-11(13)15-9;2-1-3/h8H,3-6H2,1-2H3,(H3,13,14,15);1H,(H,2,3). The molecule has 7 nitrogen and oxygen atoms in total. The van der Waals surface area contributed by atoms with Crippen LogP contribution in [0, 0.1) is 18.3 Å². The Morgan fingerprint density at radius 3 is 2.80 bits per heavy atom. The number of piperidine rings is 1. The van der Waals surface area contributed by atoms with Crippen molar-refractivity contribution in [3.05, 3.63) is 11.4 Å². The smallest absolute Gasteiger partial charge is 0.290 e. The molecule has 1 aromatic rings. The minimum Gasteiger partial charge on any atom is -0.483 e. The molecule has 2 aliphatic rings. The lowest BCUT2D eigenvalue weighted by atomic mass is 10.0. The van der Waals surface area contributed by atoms with Gasteiger partial charge in [-0.3, -0.25) is 9.59 Å². The highest BCUT2D eigenvalue weighted by molar-refractivity contribution is 5.94. The molecule has 1 amide bonds. The Morgan fingerprint density at radius 1 is 1.70 bits per heavy atom. The van der Waals surface area contributed by atoms with Crippen LogP contribution in [-0.2, 0) is 4.79 Å². The number of hydrogen-bond acceptors (Lipinski definition) is 4. The van der Waals surface area contributed by atoms with Crippen molar-refractivity contribution >= 4 is 18.3 Å². The van der Waals surface area contributed by atoms with Gasteiger partial charge in [0.15, 0.2) is 11.6 Å². The van der Waals surface area contributed by atoms with Crippen molar-refractivity contribution in [1.29, 1.82) is 0 Å². The summed E-state index contributed by atoms with van der Waals surface area (Å²) in [7, 11) is 0. The SMILES string of the molecule is CCC12CC1CN(C(=O)c1nc(N)[nH]c1C)C2.O=CO. The van der Waals surface area contributed by atoms with Crippen LogP contribution in [0.15, 0.2) is 0 Å². The Bertz CT molecular complexity index is 524. The molecule has 2 atom stereocenters. The van der Waals surface area contributed by atoms with E-state index in [2.05, 4.69) is 16.9 Å². The summed E-state index contributed by atoms with van der Waals surface area (Å²) in [6.07, 6.45) is 2.46. The maximum atomic E-state index is 12.3. The van der Waals surface area contributed by atoms with Crippen molar-refractivity contribution in [2.75, 3.05) is 18.8 Å². The van der Waals surface area contributed by atoms with Crippen LogP contribution in [0.5, 0.6) is 0 Å². The van der Waals surface area contributed by atoms with E-state index in [-0.39, 0.29) is 12.4 Å². The summed E-state index contributed by atoms with van der Waals surface area (Å²) in [6.45, 7) is 5.58. The van der Waals surface area contributed by atoms with Crippen molar-refractivity contribution in [2.45, 2.75) is 26.7 Å². The lowest BCUT2D eigenvalue weighted by Crippen LogP contribution is -2.32. The summed E-state index contributed by atoms with van der Waals surface area (Å²) in [4.78, 5) is 29.5. The third kappa shape index (κ3) is 2.35. The van der Waals surface area contributed by atoms with Gasteiger partial charge in [-0.15, -0.1) is 0 Å². The lowest BCUT2D eigenvalue weighted by molar-refractivity contribution is -0.122. The number of anilines is 1. The molecule has 1 saturated carbocycles. The molecule has 0 aromatic carbocycles. The van der Waals surface area contributed by atoms with E-state index in [0.717, 1.165) is 18.8 Å². The van der Waals surface area contributed by atoms with Crippen molar-refractivity contribution in [1.82, 2.24) is 14.9 Å². The van der Waals surface area contributed by atoms with Gasteiger partial charge in [0.05, 0.1) is 0 Å². The number of carboxylic acid groups (broad SMARTS) is 1. The van der Waals surface area contributed by atoms with Crippen LogP contribution >= 0.6 is 0 Å². The van der Waals surface area contributed by atoms with Gasteiger partial charge in [0.1, 0.15) is 0 Å². The molecule has 110 valence electrons. The van der Waals surface area contributed by atoms with Crippen LogP contribution < -0.4 is 5.73 Å². The van der Waals surface area contributed by atoms with Crippen LogP contribution in [0.25, 0.3) is 0 Å². The third-order valence-electron chi connectivity index (χ3n) is 4.40. The molecule has 2 fully saturated rings. The minimum atomic E-state index is -0.250. The van der Waals surface area contributed by atoms with Crippen molar-refractivity contribution in [3.63, 3.8) is 0 Å². The number of nitrogens with two attached hydrogens (primary N) is 1. The number of aryl methyl sites for hydroxylation is 1. The van der Waals surface area contributed by atoms with E-state index in [9.17, 15) is 4.79 Å². The Morgan fingerprint density at radius 2 is 2.35 bits per heavy atom. The van der Waals surface area contributed by atoms with Crippen LogP contribution in [0.3, 0.4) is 0 Å². The number of imidazole rings is 1. The second kappa shape index (κ2) is 5.15. The van der Waals surface area contributed by atoms with E-state index in [1.54, 1.807) is 0 Å².